The minimum atomic E-state index is -0.273. The third kappa shape index (κ3) is 1.84. The van der Waals surface area contributed by atoms with Crippen molar-refractivity contribution in [2.75, 3.05) is 19.8 Å². The smallest absolute Gasteiger partial charge is 0.146 e. The molecule has 0 radical (unpaired) electrons. The van der Waals surface area contributed by atoms with E-state index in [0.29, 0.717) is 18.8 Å². The van der Waals surface area contributed by atoms with Crippen molar-refractivity contribution in [1.29, 1.82) is 0 Å². The Balaban J connectivity index is 2.18. The number of hydrogen-bond acceptors (Lipinski definition) is 3. The quantitative estimate of drug-likeness (QED) is 0.700. The molecule has 0 unspecified atom stereocenters. The van der Waals surface area contributed by atoms with E-state index in [1.807, 2.05) is 0 Å². The van der Waals surface area contributed by atoms with Crippen molar-refractivity contribution < 1.29 is 9.13 Å². The zero-order valence-corrected chi connectivity index (χ0v) is 7.16. The highest BCUT2D eigenvalue weighted by Crippen LogP contribution is 2.17. The average Bonchev–Trinajstić information content (AvgIpc) is 2.20. The second-order valence-electron chi connectivity index (χ2n) is 2.98. The number of rotatable bonds is 1. The summed E-state index contributed by atoms with van der Waals surface area (Å²) in [6.45, 7) is 2.00. The molecule has 1 N–H and O–H groups in total. The van der Waals surface area contributed by atoms with Gasteiger partial charge >= 0.3 is 0 Å². The number of morpholine rings is 1. The molecule has 1 aliphatic rings. The molecule has 0 aliphatic carbocycles. The van der Waals surface area contributed by atoms with E-state index in [0.717, 1.165) is 6.54 Å². The highest BCUT2D eigenvalue weighted by atomic mass is 19.1. The minimum Gasteiger partial charge on any atom is -0.378 e. The molecule has 0 aromatic carbocycles. The largest absolute Gasteiger partial charge is 0.378 e. The van der Waals surface area contributed by atoms with Crippen LogP contribution < -0.4 is 5.32 Å². The summed E-state index contributed by atoms with van der Waals surface area (Å²) in [6.07, 6.45) is 2.82. The number of aromatic nitrogens is 1. The Bertz CT molecular complexity index is 287. The van der Waals surface area contributed by atoms with Crippen molar-refractivity contribution >= 4 is 0 Å². The van der Waals surface area contributed by atoms with Gasteiger partial charge in [-0.15, -0.1) is 0 Å². The SMILES string of the molecule is Fc1cnccc1[C@H]1COCCN1. The van der Waals surface area contributed by atoms with Crippen LogP contribution in [-0.4, -0.2) is 24.7 Å². The number of nitrogens with zero attached hydrogens (tertiary/aromatic N) is 1. The van der Waals surface area contributed by atoms with E-state index < -0.39 is 0 Å². The van der Waals surface area contributed by atoms with Gasteiger partial charge in [-0.2, -0.15) is 0 Å². The number of nitrogens with one attached hydrogen (secondary N) is 1. The van der Waals surface area contributed by atoms with Gasteiger partial charge in [0, 0.05) is 18.3 Å². The van der Waals surface area contributed by atoms with Crippen LogP contribution in [0, 0.1) is 5.82 Å². The average molecular weight is 182 g/mol. The topological polar surface area (TPSA) is 34.1 Å². The highest BCUT2D eigenvalue weighted by molar-refractivity contribution is 5.17. The fourth-order valence-corrected chi connectivity index (χ4v) is 1.43. The first-order valence-corrected chi connectivity index (χ1v) is 4.28. The van der Waals surface area contributed by atoms with Crippen LogP contribution in [0.2, 0.25) is 0 Å². The van der Waals surface area contributed by atoms with Gasteiger partial charge in [0.1, 0.15) is 5.82 Å². The van der Waals surface area contributed by atoms with Crippen LogP contribution in [0.25, 0.3) is 0 Å². The molecular formula is C9H11FN2O. The minimum absolute atomic E-state index is 0.0308. The standard InChI is InChI=1S/C9H11FN2O/c10-8-5-11-2-1-7(8)9-6-13-4-3-12-9/h1-2,5,9,12H,3-4,6H2/t9-/m1/s1. The summed E-state index contributed by atoms with van der Waals surface area (Å²) in [5.74, 6) is -0.273. The van der Waals surface area contributed by atoms with E-state index in [-0.39, 0.29) is 11.9 Å². The lowest BCUT2D eigenvalue weighted by Gasteiger charge is -2.24. The fraction of sp³-hybridized carbons (Fsp3) is 0.444. The number of hydrogen-bond donors (Lipinski definition) is 1. The van der Waals surface area contributed by atoms with Crippen LogP contribution in [0.5, 0.6) is 0 Å². The summed E-state index contributed by atoms with van der Waals surface area (Å²) < 4.78 is 18.5. The molecule has 2 rings (SSSR count). The summed E-state index contributed by atoms with van der Waals surface area (Å²) in [5, 5.41) is 3.18. The number of pyridine rings is 1. The van der Waals surface area contributed by atoms with Gasteiger partial charge in [0.15, 0.2) is 0 Å². The zero-order valence-electron chi connectivity index (χ0n) is 7.16. The molecule has 0 saturated carbocycles. The molecule has 1 fully saturated rings. The second-order valence-corrected chi connectivity index (χ2v) is 2.98. The monoisotopic (exact) mass is 182 g/mol. The van der Waals surface area contributed by atoms with Crippen molar-refractivity contribution in [3.63, 3.8) is 0 Å². The summed E-state index contributed by atoms with van der Waals surface area (Å²) in [4.78, 5) is 3.70. The molecule has 4 heteroatoms. The molecule has 1 saturated heterocycles. The Kier molecular flexibility index (Phi) is 2.52. The van der Waals surface area contributed by atoms with Crippen LogP contribution in [0.4, 0.5) is 4.39 Å². The molecule has 2 heterocycles. The number of halogens is 1. The molecule has 1 aromatic heterocycles. The first-order chi connectivity index (χ1) is 6.38. The second kappa shape index (κ2) is 3.81. The number of ether oxygens (including phenoxy) is 1. The van der Waals surface area contributed by atoms with E-state index >= 15 is 0 Å². The zero-order chi connectivity index (χ0) is 9.10. The molecule has 0 bridgehead atoms. The lowest BCUT2D eigenvalue weighted by atomic mass is 10.1. The third-order valence-electron chi connectivity index (χ3n) is 2.10. The van der Waals surface area contributed by atoms with Gasteiger partial charge in [-0.05, 0) is 6.07 Å². The van der Waals surface area contributed by atoms with E-state index in [4.69, 9.17) is 4.74 Å². The van der Waals surface area contributed by atoms with E-state index in [1.54, 1.807) is 12.3 Å². The molecule has 1 aromatic rings. The van der Waals surface area contributed by atoms with Gasteiger partial charge in [0.2, 0.25) is 0 Å². The summed E-state index contributed by atoms with van der Waals surface area (Å²) in [6, 6.07) is 1.65. The molecule has 1 atom stereocenters. The van der Waals surface area contributed by atoms with Crippen LogP contribution >= 0.6 is 0 Å². The molecule has 0 amide bonds. The first kappa shape index (κ1) is 8.59. The third-order valence-corrected chi connectivity index (χ3v) is 2.10. The molecular weight excluding hydrogens is 171 g/mol. The Hall–Kier alpha value is -1.00. The van der Waals surface area contributed by atoms with E-state index in [2.05, 4.69) is 10.3 Å². The van der Waals surface area contributed by atoms with Gasteiger partial charge in [-0.3, -0.25) is 4.98 Å². The van der Waals surface area contributed by atoms with Crippen LogP contribution in [0.3, 0.4) is 0 Å². The van der Waals surface area contributed by atoms with Gasteiger partial charge in [0.05, 0.1) is 25.5 Å². The van der Waals surface area contributed by atoms with Crippen LogP contribution in [0.15, 0.2) is 18.5 Å². The van der Waals surface area contributed by atoms with Gasteiger partial charge in [-0.25, -0.2) is 4.39 Å². The lowest BCUT2D eigenvalue weighted by Crippen LogP contribution is -2.35. The normalized spacial score (nSPS) is 23.0. The Morgan fingerprint density at radius 1 is 1.62 bits per heavy atom. The first-order valence-electron chi connectivity index (χ1n) is 4.28. The molecule has 0 spiro atoms. The van der Waals surface area contributed by atoms with Crippen molar-refractivity contribution in [2.45, 2.75) is 6.04 Å². The summed E-state index contributed by atoms with van der Waals surface area (Å²) in [7, 11) is 0. The van der Waals surface area contributed by atoms with E-state index in [1.165, 1.54) is 6.20 Å². The van der Waals surface area contributed by atoms with Crippen LogP contribution in [0.1, 0.15) is 11.6 Å². The summed E-state index contributed by atoms with van der Waals surface area (Å²) in [5.41, 5.74) is 0.634. The van der Waals surface area contributed by atoms with Crippen molar-refractivity contribution in [1.82, 2.24) is 10.3 Å². The van der Waals surface area contributed by atoms with Gasteiger partial charge in [0.25, 0.3) is 0 Å². The maximum atomic E-state index is 13.2. The Labute approximate surface area is 75.9 Å². The maximum Gasteiger partial charge on any atom is 0.146 e. The lowest BCUT2D eigenvalue weighted by molar-refractivity contribution is 0.0757. The Morgan fingerprint density at radius 2 is 2.54 bits per heavy atom. The van der Waals surface area contributed by atoms with Crippen molar-refractivity contribution in [3.05, 3.63) is 29.8 Å². The van der Waals surface area contributed by atoms with E-state index in [9.17, 15) is 4.39 Å². The van der Waals surface area contributed by atoms with Gasteiger partial charge in [-0.1, -0.05) is 0 Å². The van der Waals surface area contributed by atoms with Crippen molar-refractivity contribution in [2.24, 2.45) is 0 Å². The summed E-state index contributed by atoms with van der Waals surface area (Å²) >= 11 is 0. The maximum absolute atomic E-state index is 13.2. The Morgan fingerprint density at radius 3 is 3.23 bits per heavy atom. The van der Waals surface area contributed by atoms with Crippen LogP contribution in [-0.2, 0) is 4.74 Å². The molecule has 3 nitrogen and oxygen atoms in total. The molecule has 1 aliphatic heterocycles. The fourth-order valence-electron chi connectivity index (χ4n) is 1.43. The molecule has 13 heavy (non-hydrogen) atoms. The predicted octanol–water partition coefficient (Wildman–Crippen LogP) is 0.882. The van der Waals surface area contributed by atoms with Crippen molar-refractivity contribution in [3.8, 4) is 0 Å². The van der Waals surface area contributed by atoms with Gasteiger partial charge < -0.3 is 10.1 Å². The highest BCUT2D eigenvalue weighted by Gasteiger charge is 2.17. The molecule has 70 valence electrons. The predicted molar refractivity (Wildman–Crippen MR) is 45.8 cm³/mol.